The first-order valence-electron chi connectivity index (χ1n) is 9.87. The summed E-state index contributed by atoms with van der Waals surface area (Å²) in [6, 6.07) is 7.89. The van der Waals surface area contributed by atoms with Crippen LogP contribution in [0.4, 0.5) is 11.5 Å². The molecule has 0 spiro atoms. The van der Waals surface area contributed by atoms with Gasteiger partial charge in [-0.3, -0.25) is 0 Å². The molecule has 1 aromatic carbocycles. The van der Waals surface area contributed by atoms with Crippen LogP contribution in [0.3, 0.4) is 0 Å². The van der Waals surface area contributed by atoms with E-state index < -0.39 is 0 Å². The van der Waals surface area contributed by atoms with Crippen LogP contribution in [0.1, 0.15) is 28.6 Å². The third-order valence-electron chi connectivity index (χ3n) is 5.12. The lowest BCUT2D eigenvalue weighted by atomic mass is 10.1. The van der Waals surface area contributed by atoms with Gasteiger partial charge in [-0.15, -0.1) is 11.3 Å². The van der Waals surface area contributed by atoms with Crippen LogP contribution < -0.4 is 9.80 Å². The van der Waals surface area contributed by atoms with Crippen LogP contribution in [0, 0.1) is 6.92 Å². The van der Waals surface area contributed by atoms with Crippen molar-refractivity contribution in [1.29, 1.82) is 0 Å². The van der Waals surface area contributed by atoms with Gasteiger partial charge in [0.2, 0.25) is 5.28 Å². The minimum atomic E-state index is -0.315. The van der Waals surface area contributed by atoms with Crippen molar-refractivity contribution in [2.75, 3.05) is 42.6 Å². The van der Waals surface area contributed by atoms with E-state index in [1.54, 1.807) is 0 Å². The van der Waals surface area contributed by atoms with Crippen LogP contribution in [-0.2, 0) is 4.74 Å². The lowest BCUT2D eigenvalue weighted by Gasteiger charge is -2.37. The number of piperazine rings is 1. The fourth-order valence-corrected chi connectivity index (χ4v) is 5.09. The quantitative estimate of drug-likeness (QED) is 0.381. The van der Waals surface area contributed by atoms with Gasteiger partial charge in [0, 0.05) is 36.9 Å². The van der Waals surface area contributed by atoms with E-state index >= 15 is 0 Å². The van der Waals surface area contributed by atoms with Gasteiger partial charge in [-0.05, 0) is 48.7 Å². The minimum Gasteiger partial charge on any atom is -0.462 e. The molecule has 1 aliphatic heterocycles. The van der Waals surface area contributed by atoms with E-state index in [1.807, 2.05) is 32.0 Å². The monoisotopic (exact) mass is 464 g/mol. The largest absolute Gasteiger partial charge is 0.462 e. The molecule has 0 amide bonds. The summed E-state index contributed by atoms with van der Waals surface area (Å²) in [6.45, 7) is 7.51. The number of rotatable bonds is 5. The summed E-state index contributed by atoms with van der Waals surface area (Å²) in [5.74, 6) is 0.462. The number of halogens is 2. The van der Waals surface area contributed by atoms with Crippen molar-refractivity contribution in [3.8, 4) is 0 Å². The lowest BCUT2D eigenvalue weighted by Crippen LogP contribution is -2.47. The zero-order valence-electron chi connectivity index (χ0n) is 16.8. The molecule has 0 radical (unpaired) electrons. The summed E-state index contributed by atoms with van der Waals surface area (Å²) in [6.07, 6.45) is 0.781. The number of nitrogens with zero attached hydrogens (tertiary/aromatic N) is 4. The van der Waals surface area contributed by atoms with Crippen LogP contribution in [0.25, 0.3) is 10.2 Å². The fourth-order valence-electron chi connectivity index (χ4n) is 3.63. The molecule has 1 saturated heterocycles. The number of benzene rings is 1. The number of carbonyl (C=O) groups is 1. The Kier molecular flexibility index (Phi) is 6.32. The van der Waals surface area contributed by atoms with E-state index in [0.717, 1.165) is 60.1 Å². The zero-order chi connectivity index (χ0) is 21.3. The SMILES string of the molecule is CCCOC(=O)c1sc2nc(Cl)nc(N3CCN(c4cccc(Cl)c4)CC3)c2c1C. The van der Waals surface area contributed by atoms with Gasteiger partial charge in [0.25, 0.3) is 0 Å². The van der Waals surface area contributed by atoms with Crippen molar-refractivity contribution in [2.45, 2.75) is 20.3 Å². The first-order chi connectivity index (χ1) is 14.5. The molecule has 9 heteroatoms. The molecule has 30 heavy (non-hydrogen) atoms. The van der Waals surface area contributed by atoms with Gasteiger partial charge in [0.15, 0.2) is 0 Å². The number of esters is 1. The molecule has 2 aromatic heterocycles. The molecule has 6 nitrogen and oxygen atoms in total. The Hall–Kier alpha value is -2.09. The smallest absolute Gasteiger partial charge is 0.348 e. The number of hydrogen-bond donors (Lipinski definition) is 0. The lowest BCUT2D eigenvalue weighted by molar-refractivity contribution is 0.0510. The number of aromatic nitrogens is 2. The molecule has 0 N–H and O–H groups in total. The summed E-state index contributed by atoms with van der Waals surface area (Å²) in [4.78, 5) is 27.1. The summed E-state index contributed by atoms with van der Waals surface area (Å²) in [5.41, 5.74) is 1.96. The normalized spacial score (nSPS) is 14.4. The highest BCUT2D eigenvalue weighted by atomic mass is 35.5. The molecule has 3 heterocycles. The van der Waals surface area contributed by atoms with Gasteiger partial charge in [0.05, 0.1) is 12.0 Å². The number of hydrogen-bond acceptors (Lipinski definition) is 7. The Morgan fingerprint density at radius 2 is 1.90 bits per heavy atom. The maximum atomic E-state index is 12.5. The van der Waals surface area contributed by atoms with Crippen LogP contribution >= 0.6 is 34.5 Å². The average Bonchev–Trinajstić information content (AvgIpc) is 3.08. The molecule has 158 valence electrons. The van der Waals surface area contributed by atoms with E-state index in [9.17, 15) is 4.79 Å². The molecule has 1 fully saturated rings. The summed E-state index contributed by atoms with van der Waals surface area (Å²) in [5, 5.41) is 1.80. The van der Waals surface area contributed by atoms with Gasteiger partial charge in [-0.25, -0.2) is 9.78 Å². The molecule has 1 aliphatic rings. The third-order valence-corrected chi connectivity index (χ3v) is 6.69. The van der Waals surface area contributed by atoms with Gasteiger partial charge < -0.3 is 14.5 Å². The van der Waals surface area contributed by atoms with Crippen molar-refractivity contribution >= 4 is 62.2 Å². The Bertz CT molecular complexity index is 1080. The Morgan fingerprint density at radius 3 is 2.60 bits per heavy atom. The molecule has 0 aliphatic carbocycles. The van der Waals surface area contributed by atoms with Crippen molar-refractivity contribution in [3.63, 3.8) is 0 Å². The number of aryl methyl sites for hydroxylation is 1. The number of fused-ring (bicyclic) bond motifs is 1. The Labute approximate surface area is 189 Å². The molecule has 4 rings (SSSR count). The van der Waals surface area contributed by atoms with Crippen molar-refractivity contribution in [3.05, 3.63) is 45.0 Å². The number of anilines is 2. The van der Waals surface area contributed by atoms with Gasteiger partial charge in [-0.2, -0.15) is 4.98 Å². The van der Waals surface area contributed by atoms with E-state index in [1.165, 1.54) is 11.3 Å². The zero-order valence-corrected chi connectivity index (χ0v) is 19.1. The predicted octanol–water partition coefficient (Wildman–Crippen LogP) is 5.20. The Morgan fingerprint density at radius 1 is 1.17 bits per heavy atom. The molecule has 0 atom stereocenters. The van der Waals surface area contributed by atoms with Gasteiger partial charge in [0.1, 0.15) is 15.5 Å². The second kappa shape index (κ2) is 8.96. The number of carbonyl (C=O) groups excluding carboxylic acids is 1. The van der Waals surface area contributed by atoms with E-state index in [2.05, 4.69) is 25.8 Å². The molecule has 0 unspecified atom stereocenters. The van der Waals surface area contributed by atoms with Crippen LogP contribution in [0.5, 0.6) is 0 Å². The molecule has 3 aromatic rings. The highest BCUT2D eigenvalue weighted by Gasteiger charge is 2.26. The highest BCUT2D eigenvalue weighted by Crippen LogP contribution is 2.37. The first kappa shape index (κ1) is 21.2. The van der Waals surface area contributed by atoms with E-state index in [4.69, 9.17) is 27.9 Å². The van der Waals surface area contributed by atoms with E-state index in [0.29, 0.717) is 16.3 Å². The summed E-state index contributed by atoms with van der Waals surface area (Å²) in [7, 11) is 0. The number of ether oxygens (including phenoxy) is 1. The molecular weight excluding hydrogens is 443 g/mol. The fraction of sp³-hybridized carbons (Fsp3) is 0.381. The summed E-state index contributed by atoms with van der Waals surface area (Å²) >= 11 is 13.7. The standard InChI is InChI=1S/C21H22Cl2N4O2S/c1-3-11-29-20(28)17-13(2)16-18(24-21(23)25-19(16)30-17)27-9-7-26(8-10-27)15-6-4-5-14(22)12-15/h4-6,12H,3,7-11H2,1-2H3. The summed E-state index contributed by atoms with van der Waals surface area (Å²) < 4.78 is 5.34. The topological polar surface area (TPSA) is 58.6 Å². The maximum Gasteiger partial charge on any atom is 0.348 e. The minimum absolute atomic E-state index is 0.185. The molecule has 0 bridgehead atoms. The van der Waals surface area contributed by atoms with E-state index in [-0.39, 0.29) is 11.3 Å². The second-order valence-corrected chi connectivity index (χ2v) is 8.92. The van der Waals surface area contributed by atoms with Crippen molar-refractivity contribution in [1.82, 2.24) is 9.97 Å². The average molecular weight is 465 g/mol. The third kappa shape index (κ3) is 4.19. The highest BCUT2D eigenvalue weighted by molar-refractivity contribution is 7.20. The van der Waals surface area contributed by atoms with Crippen LogP contribution in [-0.4, -0.2) is 48.7 Å². The van der Waals surface area contributed by atoms with Crippen molar-refractivity contribution in [2.24, 2.45) is 0 Å². The van der Waals surface area contributed by atoms with Crippen molar-refractivity contribution < 1.29 is 9.53 Å². The Balaban J connectivity index is 1.61. The first-order valence-corrected chi connectivity index (χ1v) is 11.4. The maximum absolute atomic E-state index is 12.5. The van der Waals surface area contributed by atoms with Crippen LogP contribution in [0.15, 0.2) is 24.3 Å². The molecule has 0 saturated carbocycles. The van der Waals surface area contributed by atoms with Gasteiger partial charge in [-0.1, -0.05) is 24.6 Å². The predicted molar refractivity (Wildman–Crippen MR) is 124 cm³/mol. The number of thiophene rings is 1. The van der Waals surface area contributed by atoms with Crippen LogP contribution in [0.2, 0.25) is 10.3 Å². The second-order valence-electron chi connectivity index (χ2n) is 7.14. The molecular formula is C21H22Cl2N4O2S. The van der Waals surface area contributed by atoms with Gasteiger partial charge >= 0.3 is 5.97 Å².